The van der Waals surface area contributed by atoms with Gasteiger partial charge in [0, 0.05) is 5.69 Å². The van der Waals surface area contributed by atoms with Gasteiger partial charge in [0.1, 0.15) is 0 Å². The molecule has 0 bridgehead atoms. The molecule has 0 heterocycles. The van der Waals surface area contributed by atoms with E-state index in [9.17, 15) is 0 Å². The lowest BCUT2D eigenvalue weighted by atomic mass is 9.74. The van der Waals surface area contributed by atoms with Crippen LogP contribution in [-0.2, 0) is 16.2 Å². The van der Waals surface area contributed by atoms with Crippen molar-refractivity contribution in [2.45, 2.75) is 78.6 Å². The summed E-state index contributed by atoms with van der Waals surface area (Å²) < 4.78 is 0. The van der Waals surface area contributed by atoms with Crippen molar-refractivity contribution in [3.8, 4) is 0 Å². The zero-order chi connectivity index (χ0) is 16.6. The molecule has 0 spiro atoms. The van der Waals surface area contributed by atoms with Gasteiger partial charge in [0.2, 0.25) is 0 Å². The van der Waals surface area contributed by atoms with E-state index in [1.54, 1.807) is 0 Å². The fourth-order valence-electron chi connectivity index (χ4n) is 2.44. The third kappa shape index (κ3) is 4.60. The molecule has 0 saturated heterocycles. The molecule has 1 N–H and O–H groups in total. The molecule has 1 aromatic rings. The molecule has 0 aliphatic rings. The Morgan fingerprint density at radius 2 is 1.14 bits per heavy atom. The van der Waals surface area contributed by atoms with Gasteiger partial charge in [-0.3, -0.25) is 0 Å². The molecule has 1 rings (SSSR count). The maximum atomic E-state index is 6.03. The molecule has 3 heteroatoms. The zero-order valence-corrected chi connectivity index (χ0v) is 16.8. The van der Waals surface area contributed by atoms with Crippen molar-refractivity contribution in [1.82, 2.24) is 0 Å². The summed E-state index contributed by atoms with van der Waals surface area (Å²) >= 11 is 6.03. The summed E-state index contributed by atoms with van der Waals surface area (Å²) in [6.07, 6.45) is 0. The summed E-state index contributed by atoms with van der Waals surface area (Å²) in [5.41, 5.74) is 5.63. The Labute approximate surface area is 137 Å². The molecule has 0 fully saturated rings. The predicted octanol–water partition coefficient (Wildman–Crippen LogP) is 6.74. The van der Waals surface area contributed by atoms with Crippen LogP contribution in [0.4, 0.5) is 5.69 Å². The molecule has 21 heavy (non-hydrogen) atoms. The third-order valence-electron chi connectivity index (χ3n) is 3.79. The average molecular weight is 328 g/mol. The van der Waals surface area contributed by atoms with Crippen LogP contribution in [0.5, 0.6) is 0 Å². The van der Waals surface area contributed by atoms with Crippen LogP contribution < -0.4 is 5.09 Å². The normalized spacial score (nSPS) is 14.0. The highest BCUT2D eigenvalue weighted by atomic mass is 35.7. The number of rotatable bonds is 2. The topological polar surface area (TPSA) is 12.0 Å². The Balaban J connectivity index is 3.75. The van der Waals surface area contributed by atoms with Crippen LogP contribution in [0, 0.1) is 0 Å². The van der Waals surface area contributed by atoms with Gasteiger partial charge in [-0.15, -0.1) is 0 Å². The minimum Gasteiger partial charge on any atom is -0.354 e. The SMILES string of the molecule is CC(C)(C)c1cc(C(C)(C)C)c(NPCl)c(C(C)(C)C)c1. The van der Waals surface area contributed by atoms with E-state index in [4.69, 9.17) is 11.2 Å². The van der Waals surface area contributed by atoms with E-state index in [-0.39, 0.29) is 24.3 Å². The zero-order valence-electron chi connectivity index (χ0n) is 15.0. The Morgan fingerprint density at radius 3 is 1.38 bits per heavy atom. The maximum absolute atomic E-state index is 6.03. The van der Waals surface area contributed by atoms with Gasteiger partial charge in [-0.05, 0) is 32.9 Å². The van der Waals surface area contributed by atoms with Crippen LogP contribution in [-0.4, -0.2) is 0 Å². The Bertz CT molecular complexity index is 466. The number of halogens is 1. The van der Waals surface area contributed by atoms with Crippen molar-refractivity contribution >= 4 is 25.0 Å². The van der Waals surface area contributed by atoms with Crippen LogP contribution in [0.25, 0.3) is 0 Å². The molecule has 1 unspecified atom stereocenters. The largest absolute Gasteiger partial charge is 0.354 e. The first-order valence-electron chi connectivity index (χ1n) is 7.59. The maximum Gasteiger partial charge on any atom is 0.0717 e. The number of anilines is 1. The Morgan fingerprint density at radius 1 is 0.762 bits per heavy atom. The van der Waals surface area contributed by atoms with Crippen LogP contribution in [0.15, 0.2) is 12.1 Å². The van der Waals surface area contributed by atoms with Crippen molar-refractivity contribution in [3.05, 3.63) is 28.8 Å². The number of benzene rings is 1. The summed E-state index contributed by atoms with van der Waals surface area (Å²) in [4.78, 5) is 0. The molecular formula is C18H31ClNP. The molecule has 0 aromatic heterocycles. The van der Waals surface area contributed by atoms with Crippen LogP contribution in [0.2, 0.25) is 0 Å². The first-order chi connectivity index (χ1) is 9.28. The minimum absolute atomic E-state index is 0.0835. The van der Waals surface area contributed by atoms with Crippen molar-refractivity contribution in [3.63, 3.8) is 0 Å². The number of hydrogen-bond donors (Lipinski definition) is 1. The van der Waals surface area contributed by atoms with E-state index >= 15 is 0 Å². The number of nitrogens with one attached hydrogen (secondary N) is 1. The third-order valence-corrected chi connectivity index (χ3v) is 4.42. The lowest BCUT2D eigenvalue weighted by molar-refractivity contribution is 0.551. The van der Waals surface area contributed by atoms with Crippen molar-refractivity contribution in [1.29, 1.82) is 0 Å². The van der Waals surface area contributed by atoms with Crippen LogP contribution >= 0.6 is 19.3 Å². The quantitative estimate of drug-likeness (QED) is 0.593. The van der Waals surface area contributed by atoms with Gasteiger partial charge < -0.3 is 5.09 Å². The molecule has 0 radical (unpaired) electrons. The Kier molecular flexibility index (Phi) is 5.45. The van der Waals surface area contributed by atoms with E-state index < -0.39 is 0 Å². The summed E-state index contributed by atoms with van der Waals surface area (Å²) in [6.45, 7) is 20.4. The minimum atomic E-state index is 0.0835. The van der Waals surface area contributed by atoms with Crippen molar-refractivity contribution in [2.75, 3.05) is 5.09 Å². The molecule has 0 saturated carbocycles. The van der Waals surface area contributed by atoms with E-state index in [0.717, 1.165) is 0 Å². The van der Waals surface area contributed by atoms with Crippen molar-refractivity contribution < 1.29 is 0 Å². The molecule has 0 amide bonds. The number of hydrogen-bond acceptors (Lipinski definition) is 1. The molecule has 0 aliphatic carbocycles. The monoisotopic (exact) mass is 327 g/mol. The lowest BCUT2D eigenvalue weighted by Gasteiger charge is -2.33. The standard InChI is InChI=1S/C18H31ClNP/c1-16(2,3)12-10-13(17(4,5)6)15(20-21-19)14(11-12)18(7,8)9/h10-11,20-21H,1-9H3. The van der Waals surface area contributed by atoms with E-state index in [1.807, 2.05) is 0 Å². The fourth-order valence-corrected chi connectivity index (χ4v) is 3.09. The fraction of sp³-hybridized carbons (Fsp3) is 0.667. The molecule has 1 nitrogen and oxygen atoms in total. The Hall–Kier alpha value is -0.260. The first kappa shape index (κ1) is 18.8. The van der Waals surface area contributed by atoms with Gasteiger partial charge in [-0.25, -0.2) is 0 Å². The molecule has 120 valence electrons. The van der Waals surface area contributed by atoms with E-state index in [1.165, 1.54) is 22.4 Å². The smallest absolute Gasteiger partial charge is 0.0717 e. The van der Waals surface area contributed by atoms with Gasteiger partial charge in [0.25, 0.3) is 0 Å². The second-order valence-corrected chi connectivity index (χ2v) is 9.92. The van der Waals surface area contributed by atoms with Crippen LogP contribution in [0.1, 0.15) is 79.0 Å². The van der Waals surface area contributed by atoms with E-state index in [0.29, 0.717) is 0 Å². The highest BCUT2D eigenvalue weighted by Gasteiger charge is 2.28. The summed E-state index contributed by atoms with van der Waals surface area (Å²) in [6, 6.07) is 4.71. The van der Waals surface area contributed by atoms with Gasteiger partial charge in [0.15, 0.2) is 0 Å². The van der Waals surface area contributed by atoms with Gasteiger partial charge >= 0.3 is 0 Å². The van der Waals surface area contributed by atoms with Crippen molar-refractivity contribution in [2.24, 2.45) is 0 Å². The average Bonchev–Trinajstić information content (AvgIpc) is 2.24. The predicted molar refractivity (Wildman–Crippen MR) is 100 cm³/mol. The van der Waals surface area contributed by atoms with Crippen LogP contribution in [0.3, 0.4) is 0 Å². The van der Waals surface area contributed by atoms with Gasteiger partial charge in [0.05, 0.1) is 8.08 Å². The second-order valence-electron chi connectivity index (χ2n) is 8.92. The molecule has 1 atom stereocenters. The molecule has 1 aromatic carbocycles. The summed E-state index contributed by atoms with van der Waals surface area (Å²) in [5.74, 6) is 0. The summed E-state index contributed by atoms with van der Waals surface area (Å²) in [7, 11) is 0.192. The summed E-state index contributed by atoms with van der Waals surface area (Å²) in [5, 5.41) is 3.43. The lowest BCUT2D eigenvalue weighted by Crippen LogP contribution is -2.22. The van der Waals surface area contributed by atoms with E-state index in [2.05, 4.69) is 79.5 Å². The highest BCUT2D eigenvalue weighted by Crippen LogP contribution is 2.43. The van der Waals surface area contributed by atoms with Gasteiger partial charge in [-0.1, -0.05) is 85.7 Å². The molecular weight excluding hydrogens is 297 g/mol. The molecule has 0 aliphatic heterocycles. The van der Waals surface area contributed by atoms with Gasteiger partial charge in [-0.2, -0.15) is 0 Å². The second kappa shape index (κ2) is 6.09. The first-order valence-corrected chi connectivity index (χ1v) is 9.61. The highest BCUT2D eigenvalue weighted by molar-refractivity contribution is 7.69.